The third-order valence-electron chi connectivity index (χ3n) is 3.70. The quantitative estimate of drug-likeness (QED) is 0.622. The van der Waals surface area contributed by atoms with Crippen molar-refractivity contribution in [2.24, 2.45) is 0 Å². The number of carbonyl (C=O) groups excluding carboxylic acids is 1. The predicted octanol–water partition coefficient (Wildman–Crippen LogP) is 4.48. The smallest absolute Gasteiger partial charge is 0.416 e. The maximum atomic E-state index is 12.6. The highest BCUT2D eigenvalue weighted by molar-refractivity contribution is 5.78. The molecular weight excluding hydrogens is 307 g/mol. The summed E-state index contributed by atoms with van der Waals surface area (Å²) in [7, 11) is 0. The molecule has 0 spiro atoms. The Morgan fingerprint density at radius 3 is 2.48 bits per heavy atom. The van der Waals surface area contributed by atoms with Crippen LogP contribution < -0.4 is 10.1 Å². The molecule has 0 aromatic heterocycles. The van der Waals surface area contributed by atoms with Crippen LogP contribution in [-0.4, -0.2) is 5.97 Å². The minimum absolute atomic E-state index is 0.0408. The van der Waals surface area contributed by atoms with Crippen molar-refractivity contribution in [3.63, 3.8) is 0 Å². The zero-order chi connectivity index (χ0) is 16.6. The Morgan fingerprint density at radius 2 is 1.83 bits per heavy atom. The molecule has 6 heteroatoms. The molecule has 2 aromatic rings. The summed E-state index contributed by atoms with van der Waals surface area (Å²) < 4.78 is 43.2. The van der Waals surface area contributed by atoms with Gasteiger partial charge in [-0.1, -0.05) is 18.2 Å². The van der Waals surface area contributed by atoms with Crippen molar-refractivity contribution in [1.29, 1.82) is 0 Å². The highest BCUT2D eigenvalue weighted by Crippen LogP contribution is 2.35. The van der Waals surface area contributed by atoms with Crippen LogP contribution in [0.4, 0.5) is 18.9 Å². The molecule has 0 fully saturated rings. The van der Waals surface area contributed by atoms with Gasteiger partial charge >= 0.3 is 12.1 Å². The number of hydrogen-bond acceptors (Lipinski definition) is 3. The van der Waals surface area contributed by atoms with E-state index in [0.29, 0.717) is 17.0 Å². The molecule has 0 saturated heterocycles. The molecule has 23 heavy (non-hydrogen) atoms. The third-order valence-corrected chi connectivity index (χ3v) is 3.70. The van der Waals surface area contributed by atoms with Crippen molar-refractivity contribution in [3.8, 4) is 5.75 Å². The van der Waals surface area contributed by atoms with E-state index in [1.807, 2.05) is 13.0 Å². The molecular formula is C17H14F3NO2. The number of ether oxygens (including phenoxy) is 1. The maximum absolute atomic E-state index is 12.6. The second-order valence-electron chi connectivity index (χ2n) is 5.49. The summed E-state index contributed by atoms with van der Waals surface area (Å²) in [5, 5.41) is 3.16. The molecule has 1 aliphatic heterocycles. The van der Waals surface area contributed by atoms with Gasteiger partial charge in [0.1, 0.15) is 0 Å². The fourth-order valence-electron chi connectivity index (χ4n) is 2.51. The molecule has 0 radical (unpaired) electrons. The molecule has 120 valence electrons. The molecule has 1 aliphatic rings. The van der Waals surface area contributed by atoms with Gasteiger partial charge in [-0.3, -0.25) is 4.79 Å². The Morgan fingerprint density at radius 1 is 1.13 bits per heavy atom. The lowest BCUT2D eigenvalue weighted by atomic mass is 10.0. The van der Waals surface area contributed by atoms with E-state index in [1.165, 1.54) is 12.1 Å². The molecule has 2 aromatic carbocycles. The summed E-state index contributed by atoms with van der Waals surface area (Å²) in [6.07, 6.45) is -4.34. The fourth-order valence-corrected chi connectivity index (χ4v) is 2.51. The van der Waals surface area contributed by atoms with Gasteiger partial charge < -0.3 is 10.1 Å². The number of carbonyl (C=O) groups is 1. The van der Waals surface area contributed by atoms with Gasteiger partial charge in [-0.15, -0.1) is 0 Å². The molecule has 0 saturated carbocycles. The van der Waals surface area contributed by atoms with E-state index >= 15 is 0 Å². The van der Waals surface area contributed by atoms with E-state index in [0.717, 1.165) is 17.7 Å². The number of anilines is 1. The molecule has 0 amide bonds. The van der Waals surface area contributed by atoms with E-state index in [4.69, 9.17) is 4.74 Å². The van der Waals surface area contributed by atoms with Crippen LogP contribution in [0, 0.1) is 6.92 Å². The van der Waals surface area contributed by atoms with Gasteiger partial charge in [-0.05, 0) is 42.3 Å². The number of rotatable bonds is 1. The van der Waals surface area contributed by atoms with Crippen LogP contribution in [0.25, 0.3) is 0 Å². The maximum Gasteiger partial charge on any atom is 0.416 e. The van der Waals surface area contributed by atoms with E-state index < -0.39 is 23.8 Å². The van der Waals surface area contributed by atoms with Gasteiger partial charge in [0.15, 0.2) is 5.75 Å². The number of alkyl halides is 3. The van der Waals surface area contributed by atoms with E-state index in [2.05, 4.69) is 5.32 Å². The van der Waals surface area contributed by atoms with Crippen LogP contribution in [0.15, 0.2) is 42.5 Å². The van der Waals surface area contributed by atoms with Crippen LogP contribution in [0.2, 0.25) is 0 Å². The first-order chi connectivity index (χ1) is 10.8. The summed E-state index contributed by atoms with van der Waals surface area (Å²) in [6.45, 7) is 1.88. The normalized spacial score (nSPS) is 17.7. The van der Waals surface area contributed by atoms with Gasteiger partial charge in [0.25, 0.3) is 0 Å². The molecule has 1 unspecified atom stereocenters. The molecule has 3 rings (SSSR count). The summed E-state index contributed by atoms with van der Waals surface area (Å²) in [5.41, 5.74) is 1.48. The zero-order valence-electron chi connectivity index (χ0n) is 12.3. The summed E-state index contributed by atoms with van der Waals surface area (Å²) in [6, 6.07) is 9.77. The SMILES string of the molecule is Cc1ccc2c(c1)OC(=O)CC(c1ccc(C(F)(F)F)cc1)N2. The Kier molecular flexibility index (Phi) is 3.75. The topological polar surface area (TPSA) is 38.3 Å². The lowest BCUT2D eigenvalue weighted by Gasteiger charge is -2.17. The van der Waals surface area contributed by atoms with E-state index in [1.54, 1.807) is 12.1 Å². The van der Waals surface area contributed by atoms with Crippen molar-refractivity contribution in [2.45, 2.75) is 25.6 Å². The summed E-state index contributed by atoms with van der Waals surface area (Å²) in [5.74, 6) is 0.0103. The number of aryl methyl sites for hydroxylation is 1. The highest BCUT2D eigenvalue weighted by atomic mass is 19.4. The van der Waals surface area contributed by atoms with Gasteiger partial charge in [-0.2, -0.15) is 13.2 Å². The lowest BCUT2D eigenvalue weighted by molar-refractivity contribution is -0.137. The molecule has 1 atom stereocenters. The van der Waals surface area contributed by atoms with Crippen molar-refractivity contribution < 1.29 is 22.7 Å². The zero-order valence-corrected chi connectivity index (χ0v) is 12.3. The number of esters is 1. The minimum Gasteiger partial charge on any atom is -0.424 e. The first-order valence-corrected chi connectivity index (χ1v) is 7.08. The largest absolute Gasteiger partial charge is 0.424 e. The summed E-state index contributed by atoms with van der Waals surface area (Å²) in [4.78, 5) is 11.9. The molecule has 3 nitrogen and oxygen atoms in total. The van der Waals surface area contributed by atoms with Crippen LogP contribution in [0.1, 0.15) is 29.2 Å². The van der Waals surface area contributed by atoms with Crippen molar-refractivity contribution >= 4 is 11.7 Å². The van der Waals surface area contributed by atoms with Crippen molar-refractivity contribution in [2.75, 3.05) is 5.32 Å². The van der Waals surface area contributed by atoms with E-state index in [9.17, 15) is 18.0 Å². The average Bonchev–Trinajstić information content (AvgIpc) is 2.64. The van der Waals surface area contributed by atoms with Gasteiger partial charge in [0.05, 0.1) is 23.7 Å². The first-order valence-electron chi connectivity index (χ1n) is 7.08. The number of benzene rings is 2. The van der Waals surface area contributed by atoms with Crippen molar-refractivity contribution in [1.82, 2.24) is 0 Å². The van der Waals surface area contributed by atoms with Crippen LogP contribution in [0.5, 0.6) is 5.75 Å². The Balaban J connectivity index is 1.91. The molecule has 0 aliphatic carbocycles. The third kappa shape index (κ3) is 3.31. The number of fused-ring (bicyclic) bond motifs is 1. The van der Waals surface area contributed by atoms with Crippen LogP contribution in [-0.2, 0) is 11.0 Å². The second kappa shape index (κ2) is 5.61. The Hall–Kier alpha value is -2.50. The number of nitrogens with one attached hydrogen (secondary N) is 1. The molecule has 0 bridgehead atoms. The van der Waals surface area contributed by atoms with Crippen LogP contribution in [0.3, 0.4) is 0 Å². The van der Waals surface area contributed by atoms with Crippen molar-refractivity contribution in [3.05, 3.63) is 59.2 Å². The Bertz CT molecular complexity index is 738. The van der Waals surface area contributed by atoms with Gasteiger partial charge in [-0.25, -0.2) is 0 Å². The molecule has 1 N–H and O–H groups in total. The monoisotopic (exact) mass is 321 g/mol. The summed E-state index contributed by atoms with van der Waals surface area (Å²) >= 11 is 0. The highest BCUT2D eigenvalue weighted by Gasteiger charge is 2.31. The number of halogens is 3. The molecule has 1 heterocycles. The van der Waals surface area contributed by atoms with Crippen LogP contribution >= 0.6 is 0 Å². The Labute approximate surface area is 131 Å². The van der Waals surface area contributed by atoms with Gasteiger partial charge in [0, 0.05) is 0 Å². The van der Waals surface area contributed by atoms with E-state index in [-0.39, 0.29) is 6.42 Å². The number of hydrogen-bond donors (Lipinski definition) is 1. The average molecular weight is 321 g/mol. The van der Waals surface area contributed by atoms with Gasteiger partial charge in [0.2, 0.25) is 0 Å². The minimum atomic E-state index is -4.38. The standard InChI is InChI=1S/C17H14F3NO2/c1-10-2-7-13-15(8-10)23-16(22)9-14(21-13)11-3-5-12(6-4-11)17(18,19)20/h2-8,14,21H,9H2,1H3. The lowest BCUT2D eigenvalue weighted by Crippen LogP contribution is -2.15. The second-order valence-corrected chi connectivity index (χ2v) is 5.49. The fraction of sp³-hybridized carbons (Fsp3) is 0.235. The predicted molar refractivity (Wildman–Crippen MR) is 79.2 cm³/mol. The first kappa shape index (κ1) is 15.4.